The smallest absolute Gasteiger partial charge is 0.337 e. The molecule has 0 spiro atoms. The number of fused-ring (bicyclic) bond motifs is 2. The summed E-state index contributed by atoms with van der Waals surface area (Å²) in [7, 11) is 0. The second-order valence-electron chi connectivity index (χ2n) is 8.33. The van der Waals surface area contributed by atoms with Crippen LogP contribution in [0.2, 0.25) is 0 Å². The molecule has 2 N–H and O–H groups in total. The highest BCUT2D eigenvalue weighted by Crippen LogP contribution is 2.31. The Kier molecular flexibility index (Phi) is 5.13. The molecule has 0 aliphatic rings. The van der Waals surface area contributed by atoms with E-state index in [1.54, 1.807) is 47.1 Å². The van der Waals surface area contributed by atoms with Gasteiger partial charge in [0.05, 0.1) is 28.9 Å². The van der Waals surface area contributed by atoms with E-state index < -0.39 is 5.97 Å². The summed E-state index contributed by atoms with van der Waals surface area (Å²) >= 11 is 0. The van der Waals surface area contributed by atoms with E-state index in [2.05, 4.69) is 15.4 Å². The lowest BCUT2D eigenvalue weighted by Gasteiger charge is -2.19. The van der Waals surface area contributed by atoms with Crippen molar-refractivity contribution in [3.05, 3.63) is 93.4 Å². The molecule has 0 aliphatic carbocycles. The molecule has 170 valence electrons. The summed E-state index contributed by atoms with van der Waals surface area (Å²) < 4.78 is 7.91. The van der Waals surface area contributed by atoms with Crippen molar-refractivity contribution in [3.8, 4) is 11.5 Å². The first kappa shape index (κ1) is 21.4. The molecule has 5 rings (SSSR count). The maximum Gasteiger partial charge on any atom is 0.337 e. The van der Waals surface area contributed by atoms with Crippen LogP contribution in [-0.4, -0.2) is 25.7 Å². The number of imidazole rings is 1. The number of hydrogen-bond acceptors (Lipinski definition) is 6. The molecule has 8 heteroatoms. The van der Waals surface area contributed by atoms with Crippen molar-refractivity contribution >= 4 is 28.3 Å². The molecule has 0 saturated carbocycles. The van der Waals surface area contributed by atoms with Crippen molar-refractivity contribution in [2.24, 2.45) is 0 Å². The molecule has 34 heavy (non-hydrogen) atoms. The quantitative estimate of drug-likeness (QED) is 0.385. The van der Waals surface area contributed by atoms with Gasteiger partial charge in [0.25, 0.3) is 0 Å². The van der Waals surface area contributed by atoms with Crippen LogP contribution in [0.5, 0.6) is 0 Å². The van der Waals surface area contributed by atoms with Gasteiger partial charge in [0.1, 0.15) is 11.3 Å². The third-order valence-electron chi connectivity index (χ3n) is 5.69. The Bertz CT molecular complexity index is 1630. The third-order valence-corrected chi connectivity index (χ3v) is 5.69. The molecule has 1 unspecified atom stereocenters. The SMILES string of the molecule is Cc1cc(C(C)Nc2ccccc2C(=O)O)c2oc(-c3ccc4nc(C)cn4n3)cc(=O)c2c1. The van der Waals surface area contributed by atoms with Gasteiger partial charge in [-0.05, 0) is 56.7 Å². The highest BCUT2D eigenvalue weighted by Gasteiger charge is 2.19. The average molecular weight is 454 g/mol. The van der Waals surface area contributed by atoms with Crippen molar-refractivity contribution < 1.29 is 14.3 Å². The fourth-order valence-electron chi connectivity index (χ4n) is 4.12. The number of carboxylic acid groups (broad SMARTS) is 1. The van der Waals surface area contributed by atoms with Crippen LogP contribution in [0.15, 0.2) is 70.0 Å². The van der Waals surface area contributed by atoms with Gasteiger partial charge in [-0.15, -0.1) is 0 Å². The zero-order chi connectivity index (χ0) is 24.0. The van der Waals surface area contributed by atoms with Gasteiger partial charge in [-0.2, -0.15) is 5.10 Å². The van der Waals surface area contributed by atoms with E-state index in [4.69, 9.17) is 4.42 Å². The predicted molar refractivity (Wildman–Crippen MR) is 129 cm³/mol. The lowest BCUT2D eigenvalue weighted by Crippen LogP contribution is -2.12. The van der Waals surface area contributed by atoms with E-state index in [1.165, 1.54) is 6.07 Å². The Morgan fingerprint density at radius 3 is 2.71 bits per heavy atom. The molecule has 3 heterocycles. The molecule has 8 nitrogen and oxygen atoms in total. The van der Waals surface area contributed by atoms with E-state index in [9.17, 15) is 14.7 Å². The fourth-order valence-corrected chi connectivity index (χ4v) is 4.12. The van der Waals surface area contributed by atoms with Crippen LogP contribution in [0.4, 0.5) is 5.69 Å². The van der Waals surface area contributed by atoms with Crippen molar-refractivity contribution in [2.75, 3.05) is 5.32 Å². The van der Waals surface area contributed by atoms with Crippen LogP contribution in [0.25, 0.3) is 28.1 Å². The highest BCUT2D eigenvalue weighted by atomic mass is 16.4. The van der Waals surface area contributed by atoms with Crippen LogP contribution in [0.1, 0.15) is 40.1 Å². The summed E-state index contributed by atoms with van der Waals surface area (Å²) in [6.45, 7) is 5.69. The number of nitrogens with zero attached hydrogens (tertiary/aromatic N) is 3. The first-order valence-corrected chi connectivity index (χ1v) is 10.8. The third kappa shape index (κ3) is 3.79. The van der Waals surface area contributed by atoms with E-state index in [0.29, 0.717) is 33.8 Å². The van der Waals surface area contributed by atoms with Crippen LogP contribution >= 0.6 is 0 Å². The standard InChI is InChI=1S/C26H22N4O4/c1-14-10-18(16(3)28-20-7-5-4-6-17(20)26(32)33)25-19(11-14)22(31)12-23(34-25)21-8-9-24-27-15(2)13-30(24)29-21/h4-13,16,28H,1-3H3,(H,32,33). The fraction of sp³-hybridized carbons (Fsp3) is 0.154. The molecule has 0 bridgehead atoms. The normalized spacial score (nSPS) is 12.2. The molecule has 0 saturated heterocycles. The zero-order valence-corrected chi connectivity index (χ0v) is 18.9. The predicted octanol–water partition coefficient (Wildman–Crippen LogP) is 4.99. The van der Waals surface area contributed by atoms with Gasteiger partial charge >= 0.3 is 5.97 Å². The minimum absolute atomic E-state index is 0.168. The first-order chi connectivity index (χ1) is 16.3. The Hall–Kier alpha value is -4.46. The summed E-state index contributed by atoms with van der Waals surface area (Å²) in [5, 5.41) is 17.8. The van der Waals surface area contributed by atoms with Gasteiger partial charge in [0.2, 0.25) is 0 Å². The number of hydrogen-bond donors (Lipinski definition) is 2. The number of aromatic nitrogens is 3. The number of rotatable bonds is 5. The van der Waals surface area contributed by atoms with Gasteiger partial charge in [0.15, 0.2) is 16.8 Å². The Morgan fingerprint density at radius 2 is 1.91 bits per heavy atom. The van der Waals surface area contributed by atoms with Crippen LogP contribution in [-0.2, 0) is 0 Å². The number of benzene rings is 2. The van der Waals surface area contributed by atoms with Gasteiger partial charge < -0.3 is 14.8 Å². The Labute approximate surface area is 194 Å². The summed E-state index contributed by atoms with van der Waals surface area (Å²) in [5.41, 5.74) is 4.60. The summed E-state index contributed by atoms with van der Waals surface area (Å²) in [6, 6.07) is 15.1. The molecule has 5 aromatic rings. The number of nitrogens with one attached hydrogen (secondary N) is 1. The lowest BCUT2D eigenvalue weighted by molar-refractivity contribution is 0.0698. The molecule has 2 aromatic carbocycles. The molecule has 0 aliphatic heterocycles. The molecular weight excluding hydrogens is 432 g/mol. The van der Waals surface area contributed by atoms with Crippen molar-refractivity contribution in [3.63, 3.8) is 0 Å². The summed E-state index contributed by atoms with van der Waals surface area (Å²) in [5.74, 6) is -0.677. The maximum absolute atomic E-state index is 13.1. The van der Waals surface area contributed by atoms with Gasteiger partial charge in [-0.25, -0.2) is 14.3 Å². The zero-order valence-electron chi connectivity index (χ0n) is 18.9. The minimum atomic E-state index is -1.02. The topological polar surface area (TPSA) is 110 Å². The Balaban J connectivity index is 1.64. The number of carbonyl (C=O) groups is 1. The lowest BCUT2D eigenvalue weighted by atomic mass is 10.0. The molecule has 1 atom stereocenters. The maximum atomic E-state index is 13.1. The van der Waals surface area contributed by atoms with Crippen molar-refractivity contribution in [1.29, 1.82) is 0 Å². The van der Waals surface area contributed by atoms with E-state index in [-0.39, 0.29) is 17.0 Å². The van der Waals surface area contributed by atoms with Gasteiger partial charge in [-0.3, -0.25) is 4.79 Å². The van der Waals surface area contributed by atoms with Crippen LogP contribution in [0, 0.1) is 13.8 Å². The molecule has 0 amide bonds. The number of anilines is 1. The van der Waals surface area contributed by atoms with E-state index in [0.717, 1.165) is 16.8 Å². The number of aryl methyl sites for hydroxylation is 2. The minimum Gasteiger partial charge on any atom is -0.478 e. The summed E-state index contributed by atoms with van der Waals surface area (Å²) in [6.07, 6.45) is 1.80. The molecule has 0 radical (unpaired) electrons. The second-order valence-corrected chi connectivity index (χ2v) is 8.33. The van der Waals surface area contributed by atoms with E-state index >= 15 is 0 Å². The number of carboxylic acids is 1. The van der Waals surface area contributed by atoms with Gasteiger partial charge in [-0.1, -0.05) is 18.2 Å². The van der Waals surface area contributed by atoms with Gasteiger partial charge in [0, 0.05) is 17.3 Å². The number of aromatic carboxylic acids is 1. The van der Waals surface area contributed by atoms with Crippen LogP contribution in [0.3, 0.4) is 0 Å². The first-order valence-electron chi connectivity index (χ1n) is 10.8. The largest absolute Gasteiger partial charge is 0.478 e. The molecule has 0 fully saturated rings. The second kappa shape index (κ2) is 8.15. The van der Waals surface area contributed by atoms with Crippen molar-refractivity contribution in [2.45, 2.75) is 26.8 Å². The molecular formula is C26H22N4O4. The highest BCUT2D eigenvalue weighted by molar-refractivity contribution is 5.94. The molecule has 3 aromatic heterocycles. The monoisotopic (exact) mass is 454 g/mol. The van der Waals surface area contributed by atoms with Crippen LogP contribution < -0.4 is 10.7 Å². The Morgan fingerprint density at radius 1 is 1.12 bits per heavy atom. The van der Waals surface area contributed by atoms with E-state index in [1.807, 2.05) is 32.9 Å². The summed E-state index contributed by atoms with van der Waals surface area (Å²) in [4.78, 5) is 29.1. The number of para-hydroxylation sites is 1. The van der Waals surface area contributed by atoms with Crippen molar-refractivity contribution in [1.82, 2.24) is 14.6 Å². The average Bonchev–Trinajstić information content (AvgIpc) is 3.18.